The summed E-state index contributed by atoms with van der Waals surface area (Å²) >= 11 is 0. The van der Waals surface area contributed by atoms with E-state index in [-0.39, 0.29) is 11.9 Å². The molecule has 134 valence electrons. The molecule has 0 aliphatic carbocycles. The lowest BCUT2D eigenvalue weighted by Gasteiger charge is -2.20. The second-order valence-electron chi connectivity index (χ2n) is 6.96. The molecule has 2 N–H and O–H groups in total. The number of hydrogen-bond acceptors (Lipinski definition) is 5. The number of likely N-dealkylation sites (tertiary alicyclic amines) is 1. The number of rotatable bonds is 3. The third-order valence-corrected chi connectivity index (χ3v) is 5.18. The maximum absolute atomic E-state index is 13.0. The van der Waals surface area contributed by atoms with Crippen LogP contribution in [-0.4, -0.2) is 49.9 Å². The lowest BCUT2D eigenvalue weighted by molar-refractivity contribution is 0.0736. The molecule has 3 heterocycles. The molecule has 0 spiro atoms. The van der Waals surface area contributed by atoms with E-state index in [1.54, 1.807) is 10.9 Å². The number of benzene rings is 1. The van der Waals surface area contributed by atoms with E-state index in [1.807, 2.05) is 42.2 Å². The van der Waals surface area contributed by atoms with Crippen LogP contribution >= 0.6 is 0 Å². The highest BCUT2D eigenvalue weighted by Gasteiger charge is 2.34. The zero-order chi connectivity index (χ0) is 18.3. The van der Waals surface area contributed by atoms with Gasteiger partial charge >= 0.3 is 0 Å². The molecule has 7 nitrogen and oxygen atoms in total. The van der Waals surface area contributed by atoms with Crippen molar-refractivity contribution >= 4 is 16.8 Å². The number of nitrogens with two attached hydrogens (primary N) is 1. The molecule has 26 heavy (non-hydrogen) atoms. The van der Waals surface area contributed by atoms with E-state index in [1.165, 1.54) is 0 Å². The van der Waals surface area contributed by atoms with Crippen molar-refractivity contribution < 1.29 is 4.79 Å². The standard InChI is InChI=1S/C19H22N6O/c1-12-8-14(10-20)11-24(12)19(26)18-13(2)25(23-22-18)16-5-6-17-15(9-16)4-3-7-21-17/h3-7,9,12,14H,8,10-11,20H2,1-2H3. The fourth-order valence-corrected chi connectivity index (χ4v) is 3.70. The highest BCUT2D eigenvalue weighted by atomic mass is 16.2. The van der Waals surface area contributed by atoms with Crippen LogP contribution in [0.15, 0.2) is 36.5 Å². The predicted octanol–water partition coefficient (Wildman–Crippen LogP) is 1.93. The zero-order valence-corrected chi connectivity index (χ0v) is 15.0. The molecule has 2 atom stereocenters. The van der Waals surface area contributed by atoms with Crippen LogP contribution in [0, 0.1) is 12.8 Å². The first-order valence-corrected chi connectivity index (χ1v) is 8.87. The van der Waals surface area contributed by atoms with Gasteiger partial charge in [-0.25, -0.2) is 4.68 Å². The Bertz CT molecular complexity index is 966. The largest absolute Gasteiger partial charge is 0.334 e. The number of amides is 1. The van der Waals surface area contributed by atoms with Crippen LogP contribution in [0.3, 0.4) is 0 Å². The van der Waals surface area contributed by atoms with Crippen molar-refractivity contribution in [2.24, 2.45) is 11.7 Å². The first-order chi connectivity index (χ1) is 12.6. The van der Waals surface area contributed by atoms with Gasteiger partial charge in [0.25, 0.3) is 5.91 Å². The fourth-order valence-electron chi connectivity index (χ4n) is 3.70. The Morgan fingerprint density at radius 3 is 2.96 bits per heavy atom. The Balaban J connectivity index is 1.66. The quantitative estimate of drug-likeness (QED) is 0.779. The van der Waals surface area contributed by atoms with Crippen LogP contribution in [0.25, 0.3) is 16.6 Å². The highest BCUT2D eigenvalue weighted by Crippen LogP contribution is 2.25. The van der Waals surface area contributed by atoms with E-state index in [9.17, 15) is 4.79 Å². The number of aromatic nitrogens is 4. The molecule has 2 aromatic heterocycles. The lowest BCUT2D eigenvalue weighted by atomic mass is 10.1. The lowest BCUT2D eigenvalue weighted by Crippen LogP contribution is -2.35. The van der Waals surface area contributed by atoms with Crippen molar-refractivity contribution in [3.05, 3.63) is 47.9 Å². The maximum Gasteiger partial charge on any atom is 0.276 e. The number of carbonyl (C=O) groups excluding carboxylic acids is 1. The van der Waals surface area contributed by atoms with Gasteiger partial charge in [-0.1, -0.05) is 11.3 Å². The van der Waals surface area contributed by atoms with E-state index in [2.05, 4.69) is 22.2 Å². The first-order valence-electron chi connectivity index (χ1n) is 8.87. The van der Waals surface area contributed by atoms with Crippen LogP contribution in [0.2, 0.25) is 0 Å². The van der Waals surface area contributed by atoms with Crippen LogP contribution in [-0.2, 0) is 0 Å². The van der Waals surface area contributed by atoms with Crippen molar-refractivity contribution in [2.45, 2.75) is 26.3 Å². The van der Waals surface area contributed by atoms with Crippen LogP contribution in [0.4, 0.5) is 0 Å². The number of pyridine rings is 1. The monoisotopic (exact) mass is 350 g/mol. The third-order valence-electron chi connectivity index (χ3n) is 5.18. The SMILES string of the molecule is Cc1c(C(=O)N2CC(CN)CC2C)nnn1-c1ccc2ncccc2c1. The third kappa shape index (κ3) is 2.74. The molecule has 7 heteroatoms. The highest BCUT2D eigenvalue weighted by molar-refractivity contribution is 5.93. The van der Waals surface area contributed by atoms with E-state index < -0.39 is 0 Å². The summed E-state index contributed by atoms with van der Waals surface area (Å²) in [5.74, 6) is 0.289. The van der Waals surface area contributed by atoms with Crippen molar-refractivity contribution in [2.75, 3.05) is 13.1 Å². The van der Waals surface area contributed by atoms with Crippen LogP contribution in [0.1, 0.15) is 29.5 Å². The van der Waals surface area contributed by atoms with Gasteiger partial charge in [-0.05, 0) is 57.0 Å². The molecule has 1 fully saturated rings. The first kappa shape index (κ1) is 16.7. The van der Waals surface area contributed by atoms with E-state index in [4.69, 9.17) is 5.73 Å². The van der Waals surface area contributed by atoms with Gasteiger partial charge in [0.05, 0.1) is 16.9 Å². The molecule has 0 bridgehead atoms. The predicted molar refractivity (Wildman–Crippen MR) is 99.1 cm³/mol. The molecule has 0 saturated carbocycles. The minimum absolute atomic E-state index is 0.0698. The molecule has 3 aromatic rings. The number of nitrogens with zero attached hydrogens (tertiary/aromatic N) is 5. The van der Waals surface area contributed by atoms with Crippen LogP contribution in [0.5, 0.6) is 0 Å². The Labute approximate surface area is 151 Å². The topological polar surface area (TPSA) is 89.9 Å². The molecule has 4 rings (SSSR count). The summed E-state index contributed by atoms with van der Waals surface area (Å²) in [6, 6.07) is 9.96. The molecule has 1 aliphatic heterocycles. The minimum Gasteiger partial charge on any atom is -0.334 e. The second kappa shape index (κ2) is 6.49. The summed E-state index contributed by atoms with van der Waals surface area (Å²) in [6.07, 6.45) is 2.71. The van der Waals surface area contributed by atoms with Gasteiger partial charge in [0.1, 0.15) is 0 Å². The Morgan fingerprint density at radius 2 is 2.19 bits per heavy atom. The molecule has 1 aliphatic rings. The normalized spacial score (nSPS) is 20.0. The smallest absolute Gasteiger partial charge is 0.276 e. The Hall–Kier alpha value is -2.80. The molecule has 1 amide bonds. The summed E-state index contributed by atoms with van der Waals surface area (Å²) in [6.45, 7) is 5.22. The number of hydrogen-bond donors (Lipinski definition) is 1. The zero-order valence-electron chi connectivity index (χ0n) is 15.0. The molecule has 1 aromatic carbocycles. The summed E-state index contributed by atoms with van der Waals surface area (Å²) in [7, 11) is 0. The van der Waals surface area contributed by atoms with Crippen molar-refractivity contribution in [3.8, 4) is 5.69 Å². The average Bonchev–Trinajstić information content (AvgIpc) is 3.23. The van der Waals surface area contributed by atoms with Gasteiger partial charge in [0, 0.05) is 24.2 Å². The molecular weight excluding hydrogens is 328 g/mol. The Morgan fingerprint density at radius 1 is 1.35 bits per heavy atom. The van der Waals surface area contributed by atoms with Gasteiger partial charge in [-0.3, -0.25) is 9.78 Å². The molecule has 2 unspecified atom stereocenters. The minimum atomic E-state index is -0.0698. The van der Waals surface area contributed by atoms with Crippen LogP contribution < -0.4 is 5.73 Å². The van der Waals surface area contributed by atoms with E-state index >= 15 is 0 Å². The van der Waals surface area contributed by atoms with Gasteiger partial charge in [0.15, 0.2) is 5.69 Å². The molecule has 0 radical (unpaired) electrons. The van der Waals surface area contributed by atoms with E-state index in [0.717, 1.165) is 28.7 Å². The van der Waals surface area contributed by atoms with Gasteiger partial charge in [-0.2, -0.15) is 0 Å². The number of carbonyl (C=O) groups is 1. The van der Waals surface area contributed by atoms with Gasteiger partial charge in [0.2, 0.25) is 0 Å². The summed E-state index contributed by atoms with van der Waals surface area (Å²) in [5, 5.41) is 9.42. The average molecular weight is 350 g/mol. The molecular formula is C19H22N6O. The van der Waals surface area contributed by atoms with Crippen molar-refractivity contribution in [1.82, 2.24) is 24.9 Å². The summed E-state index contributed by atoms with van der Waals surface area (Å²) < 4.78 is 1.71. The maximum atomic E-state index is 13.0. The van der Waals surface area contributed by atoms with Crippen molar-refractivity contribution in [3.63, 3.8) is 0 Å². The summed E-state index contributed by atoms with van der Waals surface area (Å²) in [4.78, 5) is 19.2. The Kier molecular flexibility index (Phi) is 4.16. The van der Waals surface area contributed by atoms with E-state index in [0.29, 0.717) is 24.7 Å². The summed E-state index contributed by atoms with van der Waals surface area (Å²) in [5.41, 5.74) is 8.70. The second-order valence-corrected chi connectivity index (χ2v) is 6.96. The van der Waals surface area contributed by atoms with Gasteiger partial charge in [-0.15, -0.1) is 5.10 Å². The fraction of sp³-hybridized carbons (Fsp3) is 0.368. The van der Waals surface area contributed by atoms with Gasteiger partial charge < -0.3 is 10.6 Å². The molecule has 1 saturated heterocycles. The van der Waals surface area contributed by atoms with Crippen molar-refractivity contribution in [1.29, 1.82) is 0 Å². The number of fused-ring (bicyclic) bond motifs is 1.